The maximum atomic E-state index is 2.26. The van der Waals surface area contributed by atoms with Crippen LogP contribution in [0.3, 0.4) is 0 Å². The van der Waals surface area contributed by atoms with Crippen LogP contribution >= 0.6 is 0 Å². The summed E-state index contributed by atoms with van der Waals surface area (Å²) in [6.07, 6.45) is 8.65. The Bertz CT molecular complexity index is 711. The predicted octanol–water partition coefficient (Wildman–Crippen LogP) is 3.32. The van der Waals surface area contributed by atoms with E-state index in [0.29, 0.717) is 0 Å². The molecule has 1 aliphatic heterocycles. The summed E-state index contributed by atoms with van der Waals surface area (Å²) in [7, 11) is 4.20. The molecule has 2 nitrogen and oxygen atoms in total. The first kappa shape index (κ1) is 12.7. The summed E-state index contributed by atoms with van der Waals surface area (Å²) in [6.45, 7) is 2.16. The first-order chi connectivity index (χ1) is 9.66. The average Bonchev–Trinajstić information content (AvgIpc) is 2.44. The van der Waals surface area contributed by atoms with E-state index in [0.717, 1.165) is 0 Å². The highest BCUT2D eigenvalue weighted by Gasteiger charge is 2.16. The van der Waals surface area contributed by atoms with Crippen molar-refractivity contribution in [2.24, 2.45) is 7.05 Å². The van der Waals surface area contributed by atoms with Crippen molar-refractivity contribution < 1.29 is 4.57 Å². The molecule has 3 rings (SSSR count). The standard InChI is InChI=1S/C18H19N2/c1-14-7-6-8-15-10-11-17(20(3)18(14)15)13-16-9-4-5-12-19(16)2/h4-13H,1-3H3/q+1. The summed E-state index contributed by atoms with van der Waals surface area (Å²) >= 11 is 0. The van der Waals surface area contributed by atoms with E-state index in [-0.39, 0.29) is 0 Å². The van der Waals surface area contributed by atoms with Crippen molar-refractivity contribution >= 4 is 17.8 Å². The molecule has 0 saturated heterocycles. The van der Waals surface area contributed by atoms with Gasteiger partial charge in [0.2, 0.25) is 5.69 Å². The van der Waals surface area contributed by atoms with Gasteiger partial charge in [-0.1, -0.05) is 24.3 Å². The molecule has 0 spiro atoms. The molecule has 2 heterocycles. The molecule has 0 unspecified atom stereocenters. The Hall–Kier alpha value is -2.35. The first-order valence-electron chi connectivity index (χ1n) is 6.84. The number of pyridine rings is 1. The minimum Gasteiger partial charge on any atom is -0.344 e. The number of allylic oxidation sites excluding steroid dienone is 1. The summed E-state index contributed by atoms with van der Waals surface area (Å²) in [6, 6.07) is 12.7. The summed E-state index contributed by atoms with van der Waals surface area (Å²) < 4.78 is 2.13. The SMILES string of the molecule is Cc1cccc2c1N(C)/C(=C/c1cccc[n+]1C)C=C2. The van der Waals surface area contributed by atoms with Crippen LogP contribution < -0.4 is 9.47 Å². The van der Waals surface area contributed by atoms with Gasteiger partial charge in [0.1, 0.15) is 7.05 Å². The van der Waals surface area contributed by atoms with Crippen LogP contribution in [0.15, 0.2) is 54.4 Å². The fourth-order valence-electron chi connectivity index (χ4n) is 2.67. The maximum Gasteiger partial charge on any atom is 0.207 e. The van der Waals surface area contributed by atoms with E-state index in [1.165, 1.54) is 28.2 Å². The lowest BCUT2D eigenvalue weighted by Gasteiger charge is -2.27. The molecule has 0 amide bonds. The highest BCUT2D eigenvalue weighted by molar-refractivity contribution is 5.81. The van der Waals surface area contributed by atoms with E-state index < -0.39 is 0 Å². The van der Waals surface area contributed by atoms with Crippen molar-refractivity contribution in [1.29, 1.82) is 0 Å². The Labute approximate surface area is 120 Å². The Kier molecular flexibility index (Phi) is 3.15. The highest BCUT2D eigenvalue weighted by Crippen LogP contribution is 2.32. The second-order valence-corrected chi connectivity index (χ2v) is 5.21. The van der Waals surface area contributed by atoms with Gasteiger partial charge in [0.25, 0.3) is 0 Å². The minimum absolute atomic E-state index is 1.19. The molecular formula is C18H19N2+. The van der Waals surface area contributed by atoms with E-state index in [1.807, 2.05) is 6.07 Å². The highest BCUT2D eigenvalue weighted by atomic mass is 15.1. The van der Waals surface area contributed by atoms with Gasteiger partial charge in [-0.2, -0.15) is 0 Å². The zero-order chi connectivity index (χ0) is 14.1. The number of likely N-dealkylation sites (N-methyl/N-ethyl adjacent to an activating group) is 1. The van der Waals surface area contributed by atoms with E-state index in [4.69, 9.17) is 0 Å². The Morgan fingerprint density at radius 1 is 1.05 bits per heavy atom. The molecule has 2 aromatic rings. The molecule has 1 aliphatic rings. The Morgan fingerprint density at radius 3 is 2.70 bits per heavy atom. The fraction of sp³-hybridized carbons (Fsp3) is 0.167. The molecule has 0 radical (unpaired) electrons. The number of hydrogen-bond acceptors (Lipinski definition) is 1. The molecule has 0 aliphatic carbocycles. The van der Waals surface area contributed by atoms with E-state index in [1.54, 1.807) is 0 Å². The third-order valence-electron chi connectivity index (χ3n) is 3.82. The van der Waals surface area contributed by atoms with Gasteiger partial charge in [-0.05, 0) is 30.2 Å². The molecule has 1 aromatic carbocycles. The molecule has 1 aromatic heterocycles. The maximum absolute atomic E-state index is 2.26. The smallest absolute Gasteiger partial charge is 0.207 e. The Balaban J connectivity index is 2.07. The molecule has 0 fully saturated rings. The van der Waals surface area contributed by atoms with Gasteiger partial charge in [0, 0.05) is 31.0 Å². The molecule has 2 heteroatoms. The van der Waals surface area contributed by atoms with Crippen LogP contribution in [0.25, 0.3) is 12.2 Å². The van der Waals surface area contributed by atoms with Gasteiger partial charge in [0.05, 0.1) is 5.69 Å². The zero-order valence-corrected chi connectivity index (χ0v) is 12.2. The summed E-state index contributed by atoms with van der Waals surface area (Å²) in [4.78, 5) is 2.26. The van der Waals surface area contributed by atoms with Crippen LogP contribution in [0.2, 0.25) is 0 Å². The number of nitrogens with zero attached hydrogens (tertiary/aromatic N) is 2. The van der Waals surface area contributed by atoms with Gasteiger partial charge in [-0.15, -0.1) is 0 Å². The lowest BCUT2D eigenvalue weighted by atomic mass is 10.0. The molecule has 0 saturated carbocycles. The summed E-state index contributed by atoms with van der Waals surface area (Å²) in [5.74, 6) is 0. The van der Waals surface area contributed by atoms with Crippen molar-refractivity contribution in [2.45, 2.75) is 6.92 Å². The third-order valence-corrected chi connectivity index (χ3v) is 3.82. The number of aromatic nitrogens is 1. The number of benzene rings is 1. The van der Waals surface area contributed by atoms with Gasteiger partial charge in [-0.3, -0.25) is 0 Å². The number of para-hydroxylation sites is 1. The van der Waals surface area contributed by atoms with E-state index in [2.05, 4.69) is 85.2 Å². The van der Waals surface area contributed by atoms with Crippen molar-refractivity contribution in [2.75, 3.05) is 11.9 Å². The average molecular weight is 263 g/mol. The van der Waals surface area contributed by atoms with Crippen LogP contribution in [-0.4, -0.2) is 7.05 Å². The fourth-order valence-corrected chi connectivity index (χ4v) is 2.67. The molecule has 0 bridgehead atoms. The van der Waals surface area contributed by atoms with Crippen molar-refractivity contribution in [3.8, 4) is 0 Å². The largest absolute Gasteiger partial charge is 0.344 e. The van der Waals surface area contributed by atoms with Crippen LogP contribution in [0.4, 0.5) is 5.69 Å². The first-order valence-corrected chi connectivity index (χ1v) is 6.84. The predicted molar refractivity (Wildman–Crippen MR) is 84.2 cm³/mol. The number of hydrogen-bond donors (Lipinski definition) is 0. The monoisotopic (exact) mass is 263 g/mol. The lowest BCUT2D eigenvalue weighted by molar-refractivity contribution is -0.673. The molecule has 100 valence electrons. The van der Waals surface area contributed by atoms with Crippen LogP contribution in [0.5, 0.6) is 0 Å². The number of aryl methyl sites for hydroxylation is 2. The van der Waals surface area contributed by atoms with Crippen molar-refractivity contribution in [3.63, 3.8) is 0 Å². The molecular weight excluding hydrogens is 244 g/mol. The molecule has 0 atom stereocenters. The van der Waals surface area contributed by atoms with E-state index in [9.17, 15) is 0 Å². The number of anilines is 1. The second kappa shape index (κ2) is 4.97. The number of rotatable bonds is 1. The quantitative estimate of drug-likeness (QED) is 0.716. The summed E-state index contributed by atoms with van der Waals surface area (Å²) in [5.41, 5.74) is 6.27. The third kappa shape index (κ3) is 2.14. The van der Waals surface area contributed by atoms with Crippen LogP contribution in [-0.2, 0) is 7.05 Å². The Morgan fingerprint density at radius 2 is 1.90 bits per heavy atom. The van der Waals surface area contributed by atoms with Crippen molar-refractivity contribution in [3.05, 3.63) is 71.2 Å². The van der Waals surface area contributed by atoms with Gasteiger partial charge >= 0.3 is 0 Å². The summed E-state index contributed by atoms with van der Waals surface area (Å²) in [5, 5.41) is 0. The van der Waals surface area contributed by atoms with Crippen LogP contribution in [0, 0.1) is 6.92 Å². The molecule has 20 heavy (non-hydrogen) atoms. The van der Waals surface area contributed by atoms with E-state index >= 15 is 0 Å². The van der Waals surface area contributed by atoms with Crippen molar-refractivity contribution in [1.82, 2.24) is 0 Å². The van der Waals surface area contributed by atoms with Gasteiger partial charge in [0.15, 0.2) is 6.20 Å². The zero-order valence-electron chi connectivity index (χ0n) is 12.2. The second-order valence-electron chi connectivity index (χ2n) is 5.21. The van der Waals surface area contributed by atoms with Gasteiger partial charge < -0.3 is 4.90 Å². The topological polar surface area (TPSA) is 7.12 Å². The van der Waals surface area contributed by atoms with Crippen LogP contribution in [0.1, 0.15) is 16.8 Å². The van der Waals surface area contributed by atoms with Gasteiger partial charge in [-0.25, -0.2) is 4.57 Å². The number of fused-ring (bicyclic) bond motifs is 1. The lowest BCUT2D eigenvalue weighted by Crippen LogP contribution is -2.31. The minimum atomic E-state index is 1.19. The normalized spacial score (nSPS) is 15.6. The molecule has 0 N–H and O–H groups in total.